The highest BCUT2D eigenvalue weighted by atomic mass is 32.5. The molecule has 0 N–H and O–H groups in total. The Hall–Kier alpha value is -1.31. The number of benzene rings is 1. The molecule has 1 fully saturated rings. The van der Waals surface area contributed by atoms with Crippen LogP contribution in [0.5, 0.6) is 5.75 Å². The second-order valence-electron chi connectivity index (χ2n) is 6.37. The summed E-state index contributed by atoms with van der Waals surface area (Å²) >= 11 is 0. The minimum Gasteiger partial charge on any atom is -0.426 e. The maximum atomic E-state index is 12.6. The molecule has 0 aromatic heterocycles. The molecule has 1 aromatic carbocycles. The van der Waals surface area contributed by atoms with E-state index in [0.29, 0.717) is 18.8 Å². The first-order chi connectivity index (χ1) is 10.9. The molecule has 0 spiro atoms. The van der Waals surface area contributed by atoms with Crippen molar-refractivity contribution in [1.29, 1.82) is 0 Å². The first-order valence-electron chi connectivity index (χ1n) is 7.95. The molecule has 0 bridgehead atoms. The maximum absolute atomic E-state index is 12.6. The predicted molar refractivity (Wildman–Crippen MR) is 83.8 cm³/mol. The predicted octanol–water partition coefficient (Wildman–Crippen LogP) is 6.86. The molecule has 1 aliphatic carbocycles. The molecule has 0 saturated heterocycles. The summed E-state index contributed by atoms with van der Waals surface area (Å²) < 4.78 is 68.2. The number of rotatable bonds is 5. The highest BCUT2D eigenvalue weighted by molar-refractivity contribution is 8.45. The zero-order valence-corrected chi connectivity index (χ0v) is 14.1. The smallest absolute Gasteiger partial charge is 0.314 e. The Morgan fingerprint density at radius 2 is 1.58 bits per heavy atom. The summed E-state index contributed by atoms with van der Waals surface area (Å²) in [5.74, 6) is -0.337. The Morgan fingerprint density at radius 1 is 1.04 bits per heavy atom. The molecular weight excluding hydrogens is 351 g/mol. The van der Waals surface area contributed by atoms with Gasteiger partial charge in [-0.1, -0.05) is 39.2 Å². The normalized spacial score (nSPS) is 24.8. The van der Waals surface area contributed by atoms with Crippen molar-refractivity contribution in [3.05, 3.63) is 24.3 Å². The van der Waals surface area contributed by atoms with Gasteiger partial charge in [0.05, 0.1) is 5.92 Å². The molecule has 0 unspecified atom stereocenters. The van der Waals surface area contributed by atoms with E-state index in [0.717, 1.165) is 37.8 Å². The Labute approximate surface area is 138 Å². The van der Waals surface area contributed by atoms with Crippen molar-refractivity contribution >= 4 is 16.2 Å². The average Bonchev–Trinajstić information content (AvgIpc) is 2.46. The van der Waals surface area contributed by atoms with Crippen LogP contribution in [0.15, 0.2) is 29.2 Å². The summed E-state index contributed by atoms with van der Waals surface area (Å²) in [5.41, 5.74) is 0. The van der Waals surface area contributed by atoms with E-state index in [1.54, 1.807) is 0 Å². The first kappa shape index (κ1) is 19.0. The van der Waals surface area contributed by atoms with Crippen LogP contribution >= 0.6 is 10.2 Å². The van der Waals surface area contributed by atoms with Crippen LogP contribution in [-0.2, 0) is 4.79 Å². The summed E-state index contributed by atoms with van der Waals surface area (Å²) in [7, 11) is -9.69. The minimum absolute atomic E-state index is 0.152. The van der Waals surface area contributed by atoms with Gasteiger partial charge in [0.2, 0.25) is 0 Å². The van der Waals surface area contributed by atoms with Gasteiger partial charge in [0.1, 0.15) is 10.6 Å². The summed E-state index contributed by atoms with van der Waals surface area (Å²) in [6.45, 7) is 2.11. The van der Waals surface area contributed by atoms with Gasteiger partial charge in [0.25, 0.3) is 0 Å². The topological polar surface area (TPSA) is 26.3 Å². The van der Waals surface area contributed by atoms with Crippen LogP contribution in [0.3, 0.4) is 0 Å². The van der Waals surface area contributed by atoms with E-state index in [9.17, 15) is 24.2 Å². The fourth-order valence-electron chi connectivity index (χ4n) is 3.06. The van der Waals surface area contributed by atoms with E-state index in [1.807, 2.05) is 0 Å². The van der Waals surface area contributed by atoms with Crippen LogP contribution in [-0.4, -0.2) is 5.97 Å². The SMILES string of the molecule is CCC[C@H]1CC[C@H](C(=O)Oc2ccc(S(F)(F)(F)(F)F)cc2)CC1. The molecule has 0 atom stereocenters. The van der Waals surface area contributed by atoms with Gasteiger partial charge in [0, 0.05) is 0 Å². The molecular formula is C16H21F5O2S. The third-order valence-corrected chi connectivity index (χ3v) is 5.53. The molecule has 1 saturated carbocycles. The summed E-state index contributed by atoms with van der Waals surface area (Å²) in [4.78, 5) is 10.1. The number of ether oxygens (including phenoxy) is 1. The van der Waals surface area contributed by atoms with Gasteiger partial charge >= 0.3 is 16.2 Å². The summed E-state index contributed by atoms with van der Waals surface area (Å²) in [6.07, 6.45) is 5.45. The van der Waals surface area contributed by atoms with Crippen LogP contribution in [0.25, 0.3) is 0 Å². The van der Waals surface area contributed by atoms with Gasteiger partial charge in [-0.15, -0.1) is 0 Å². The standard InChI is InChI=1S/C16H21F5O2S/c1-2-3-12-4-6-13(7-5-12)16(22)23-14-8-10-15(11-9-14)24(17,18,19,20)21/h8-13H,2-7H2,1H3/t12-,13-. The van der Waals surface area contributed by atoms with Crippen molar-refractivity contribution in [3.63, 3.8) is 0 Å². The van der Waals surface area contributed by atoms with Crippen LogP contribution in [0.1, 0.15) is 45.4 Å². The Morgan fingerprint density at radius 3 is 2.04 bits per heavy atom. The number of carbonyl (C=O) groups is 1. The monoisotopic (exact) mass is 372 g/mol. The second kappa shape index (κ2) is 5.89. The molecule has 24 heavy (non-hydrogen) atoms. The average molecular weight is 372 g/mol. The minimum atomic E-state index is -9.69. The molecule has 0 heterocycles. The molecule has 138 valence electrons. The van der Waals surface area contributed by atoms with Crippen molar-refractivity contribution in [1.82, 2.24) is 0 Å². The lowest BCUT2D eigenvalue weighted by Crippen LogP contribution is -2.25. The van der Waals surface area contributed by atoms with Crippen molar-refractivity contribution < 1.29 is 29.0 Å². The quantitative estimate of drug-likeness (QED) is 0.321. The van der Waals surface area contributed by atoms with Gasteiger partial charge in [-0.2, -0.15) is 0 Å². The fourth-order valence-corrected chi connectivity index (χ4v) is 3.71. The Bertz CT molecular complexity index is 589. The third kappa shape index (κ3) is 5.09. The van der Waals surface area contributed by atoms with E-state index in [4.69, 9.17) is 4.74 Å². The fraction of sp³-hybridized carbons (Fsp3) is 0.562. The Kier molecular flexibility index (Phi) is 4.67. The summed E-state index contributed by atoms with van der Waals surface area (Å²) in [6, 6.07) is 2.02. The van der Waals surface area contributed by atoms with Crippen LogP contribution in [0.4, 0.5) is 19.4 Å². The lowest BCUT2D eigenvalue weighted by Gasteiger charge is -2.40. The zero-order valence-electron chi connectivity index (χ0n) is 13.3. The maximum Gasteiger partial charge on any atom is 0.314 e. The molecule has 0 radical (unpaired) electrons. The van der Waals surface area contributed by atoms with Crippen molar-refractivity contribution in [2.24, 2.45) is 11.8 Å². The molecule has 2 nitrogen and oxygen atoms in total. The van der Waals surface area contributed by atoms with Crippen molar-refractivity contribution in [2.45, 2.75) is 50.3 Å². The van der Waals surface area contributed by atoms with Crippen LogP contribution in [0.2, 0.25) is 0 Å². The van der Waals surface area contributed by atoms with E-state index in [2.05, 4.69) is 6.92 Å². The molecule has 1 aromatic rings. The Balaban J connectivity index is 1.96. The second-order valence-corrected chi connectivity index (χ2v) is 8.78. The van der Waals surface area contributed by atoms with E-state index < -0.39 is 21.1 Å². The molecule has 0 amide bonds. The van der Waals surface area contributed by atoms with Crippen molar-refractivity contribution in [3.8, 4) is 5.75 Å². The van der Waals surface area contributed by atoms with Crippen molar-refractivity contribution in [2.75, 3.05) is 0 Å². The lowest BCUT2D eigenvalue weighted by molar-refractivity contribution is -0.140. The third-order valence-electron chi connectivity index (χ3n) is 4.36. The largest absolute Gasteiger partial charge is 0.426 e. The highest BCUT2D eigenvalue weighted by Gasteiger charge is 2.65. The van der Waals surface area contributed by atoms with Gasteiger partial charge in [-0.3, -0.25) is 4.79 Å². The van der Waals surface area contributed by atoms with Gasteiger partial charge in [-0.05, 0) is 55.9 Å². The lowest BCUT2D eigenvalue weighted by atomic mass is 9.80. The molecule has 2 rings (SSSR count). The van der Waals surface area contributed by atoms with Gasteiger partial charge in [-0.25, -0.2) is 0 Å². The van der Waals surface area contributed by atoms with Gasteiger partial charge in [0.15, 0.2) is 0 Å². The van der Waals surface area contributed by atoms with Crippen LogP contribution < -0.4 is 4.74 Å². The molecule has 8 heteroatoms. The number of esters is 1. The number of hydrogen-bond acceptors (Lipinski definition) is 2. The highest BCUT2D eigenvalue weighted by Crippen LogP contribution is 3.02. The first-order valence-corrected chi connectivity index (χ1v) is 9.90. The number of halogens is 5. The number of carbonyl (C=O) groups excluding carboxylic acids is 1. The number of hydrogen-bond donors (Lipinski definition) is 0. The van der Waals surface area contributed by atoms with Crippen LogP contribution in [0, 0.1) is 11.8 Å². The zero-order chi connectivity index (χ0) is 18.1. The molecule has 0 aliphatic heterocycles. The van der Waals surface area contributed by atoms with E-state index in [-0.39, 0.29) is 23.8 Å². The molecule has 1 aliphatic rings. The van der Waals surface area contributed by atoms with E-state index in [1.165, 1.54) is 0 Å². The van der Waals surface area contributed by atoms with Gasteiger partial charge < -0.3 is 4.74 Å². The van der Waals surface area contributed by atoms with E-state index >= 15 is 0 Å². The summed E-state index contributed by atoms with van der Waals surface area (Å²) in [5, 5.41) is 0.